The highest BCUT2D eigenvalue weighted by atomic mass is 16.3. The highest BCUT2D eigenvalue weighted by Gasteiger charge is 2.37. The molecule has 0 bridgehead atoms. The van der Waals surface area contributed by atoms with Crippen LogP contribution in [0.2, 0.25) is 0 Å². The van der Waals surface area contributed by atoms with Gasteiger partial charge >= 0.3 is 0 Å². The second-order valence-corrected chi connectivity index (χ2v) is 7.23. The minimum Gasteiger partial charge on any atom is -0.393 e. The highest BCUT2D eigenvalue weighted by Crippen LogP contribution is 2.44. The molecule has 106 valence electrons. The minimum atomic E-state index is 0.00344. The molecule has 0 aliphatic heterocycles. The summed E-state index contributed by atoms with van der Waals surface area (Å²) in [6.45, 7) is 7.11. The van der Waals surface area contributed by atoms with E-state index in [0.717, 1.165) is 30.1 Å². The molecule has 1 N–H and O–H groups in total. The Morgan fingerprint density at radius 3 is 2.39 bits per heavy atom. The van der Waals surface area contributed by atoms with Gasteiger partial charge in [-0.3, -0.25) is 0 Å². The molecule has 0 saturated heterocycles. The van der Waals surface area contributed by atoms with Gasteiger partial charge in [0.25, 0.3) is 0 Å². The third-order valence-corrected chi connectivity index (χ3v) is 5.91. The van der Waals surface area contributed by atoms with Gasteiger partial charge in [0.1, 0.15) is 0 Å². The maximum atomic E-state index is 10.4. The van der Waals surface area contributed by atoms with E-state index in [1.807, 2.05) is 0 Å². The van der Waals surface area contributed by atoms with Gasteiger partial charge in [-0.05, 0) is 61.7 Å². The van der Waals surface area contributed by atoms with Crippen molar-refractivity contribution in [1.29, 1.82) is 0 Å². The van der Waals surface area contributed by atoms with Crippen LogP contribution < -0.4 is 0 Å². The number of rotatable bonds is 3. The first-order chi connectivity index (χ1) is 8.61. The number of aliphatic hydroxyl groups excluding tert-OH is 1. The monoisotopic (exact) mass is 252 g/mol. The molecule has 0 radical (unpaired) electrons. The van der Waals surface area contributed by atoms with Crippen LogP contribution in [0.15, 0.2) is 0 Å². The summed E-state index contributed by atoms with van der Waals surface area (Å²) in [4.78, 5) is 0. The van der Waals surface area contributed by atoms with Crippen molar-refractivity contribution in [2.24, 2.45) is 29.6 Å². The van der Waals surface area contributed by atoms with Crippen LogP contribution in [0.5, 0.6) is 0 Å². The molecule has 2 rings (SSSR count). The fraction of sp³-hybridized carbons (Fsp3) is 1.00. The van der Waals surface area contributed by atoms with E-state index in [2.05, 4.69) is 20.8 Å². The lowest BCUT2D eigenvalue weighted by atomic mass is 9.65. The van der Waals surface area contributed by atoms with Crippen LogP contribution in [0.4, 0.5) is 0 Å². The fourth-order valence-corrected chi connectivity index (χ4v) is 4.44. The van der Waals surface area contributed by atoms with E-state index in [4.69, 9.17) is 0 Å². The molecule has 0 aromatic heterocycles. The zero-order chi connectivity index (χ0) is 13.1. The van der Waals surface area contributed by atoms with Crippen LogP contribution in [0.3, 0.4) is 0 Å². The summed E-state index contributed by atoms with van der Waals surface area (Å²) in [6, 6.07) is 0. The van der Waals surface area contributed by atoms with Gasteiger partial charge in [0.15, 0.2) is 0 Å². The number of aliphatic hydroxyl groups is 1. The van der Waals surface area contributed by atoms with Crippen molar-refractivity contribution < 1.29 is 5.11 Å². The number of hydrogen-bond acceptors (Lipinski definition) is 1. The van der Waals surface area contributed by atoms with E-state index in [1.165, 1.54) is 44.9 Å². The van der Waals surface area contributed by atoms with Crippen molar-refractivity contribution in [3.63, 3.8) is 0 Å². The van der Waals surface area contributed by atoms with Crippen LogP contribution >= 0.6 is 0 Å². The molecule has 1 heteroatoms. The first-order valence-corrected chi connectivity index (χ1v) is 8.29. The Labute approximate surface area is 113 Å². The standard InChI is InChI=1S/C17H32O/c1-4-5-14-7-9-17(18)16(11-14)15-8-6-12(2)13(3)10-15/h12-18H,4-11H2,1-3H3. The van der Waals surface area contributed by atoms with Crippen molar-refractivity contribution in [3.8, 4) is 0 Å². The molecule has 2 aliphatic rings. The Kier molecular flexibility index (Phi) is 5.12. The molecule has 0 heterocycles. The molecule has 0 spiro atoms. The normalized spacial score (nSPS) is 46.0. The second kappa shape index (κ2) is 6.41. The molecule has 0 aromatic rings. The molecular formula is C17H32O. The van der Waals surface area contributed by atoms with E-state index >= 15 is 0 Å². The molecule has 0 amide bonds. The topological polar surface area (TPSA) is 20.2 Å². The first kappa shape index (κ1) is 14.4. The predicted octanol–water partition coefficient (Wildman–Crippen LogP) is 4.64. The smallest absolute Gasteiger partial charge is 0.0571 e. The molecule has 6 unspecified atom stereocenters. The zero-order valence-electron chi connectivity index (χ0n) is 12.6. The maximum absolute atomic E-state index is 10.4. The van der Waals surface area contributed by atoms with Crippen LogP contribution in [0.1, 0.15) is 72.1 Å². The predicted molar refractivity (Wildman–Crippen MR) is 77.4 cm³/mol. The van der Waals surface area contributed by atoms with Crippen molar-refractivity contribution in [1.82, 2.24) is 0 Å². The van der Waals surface area contributed by atoms with Crippen molar-refractivity contribution >= 4 is 0 Å². The Balaban J connectivity index is 1.93. The van der Waals surface area contributed by atoms with E-state index in [-0.39, 0.29) is 6.10 Å². The van der Waals surface area contributed by atoms with Gasteiger partial charge in [-0.2, -0.15) is 0 Å². The summed E-state index contributed by atoms with van der Waals surface area (Å²) in [7, 11) is 0. The Morgan fingerprint density at radius 2 is 1.72 bits per heavy atom. The molecular weight excluding hydrogens is 220 g/mol. The Bertz CT molecular complexity index is 250. The summed E-state index contributed by atoms with van der Waals surface area (Å²) in [5.41, 5.74) is 0. The summed E-state index contributed by atoms with van der Waals surface area (Å²) >= 11 is 0. The molecule has 18 heavy (non-hydrogen) atoms. The summed E-state index contributed by atoms with van der Waals surface area (Å²) < 4.78 is 0. The summed E-state index contributed by atoms with van der Waals surface area (Å²) in [5.74, 6) is 4.09. The molecule has 2 fully saturated rings. The molecule has 1 nitrogen and oxygen atoms in total. The lowest BCUT2D eigenvalue weighted by Gasteiger charge is -2.42. The first-order valence-electron chi connectivity index (χ1n) is 8.29. The third kappa shape index (κ3) is 3.29. The lowest BCUT2D eigenvalue weighted by molar-refractivity contribution is -0.00609. The Morgan fingerprint density at radius 1 is 0.944 bits per heavy atom. The Hall–Kier alpha value is -0.0400. The third-order valence-electron chi connectivity index (χ3n) is 5.91. The maximum Gasteiger partial charge on any atom is 0.0571 e. The van der Waals surface area contributed by atoms with Gasteiger partial charge in [0.2, 0.25) is 0 Å². The zero-order valence-corrected chi connectivity index (χ0v) is 12.6. The van der Waals surface area contributed by atoms with Crippen LogP contribution in [0.25, 0.3) is 0 Å². The molecule has 2 saturated carbocycles. The second-order valence-electron chi connectivity index (χ2n) is 7.23. The summed E-state index contributed by atoms with van der Waals surface area (Å²) in [5, 5.41) is 10.4. The van der Waals surface area contributed by atoms with E-state index in [9.17, 15) is 5.11 Å². The average molecular weight is 252 g/mol. The highest BCUT2D eigenvalue weighted by molar-refractivity contribution is 4.88. The average Bonchev–Trinajstić information content (AvgIpc) is 2.35. The largest absolute Gasteiger partial charge is 0.393 e. The fourth-order valence-electron chi connectivity index (χ4n) is 4.44. The van der Waals surface area contributed by atoms with E-state index in [1.54, 1.807) is 0 Å². The van der Waals surface area contributed by atoms with Gasteiger partial charge in [-0.25, -0.2) is 0 Å². The van der Waals surface area contributed by atoms with E-state index in [0.29, 0.717) is 5.92 Å². The quantitative estimate of drug-likeness (QED) is 0.776. The molecule has 2 aliphatic carbocycles. The number of hydrogen-bond donors (Lipinski definition) is 1. The van der Waals surface area contributed by atoms with Gasteiger partial charge in [0, 0.05) is 0 Å². The molecule has 0 aromatic carbocycles. The van der Waals surface area contributed by atoms with E-state index < -0.39 is 0 Å². The summed E-state index contributed by atoms with van der Waals surface area (Å²) in [6.07, 6.45) is 10.4. The van der Waals surface area contributed by atoms with Crippen molar-refractivity contribution in [3.05, 3.63) is 0 Å². The van der Waals surface area contributed by atoms with Gasteiger partial charge in [-0.15, -0.1) is 0 Å². The SMILES string of the molecule is CCCC1CCC(O)C(C2CCC(C)C(C)C2)C1. The van der Waals surface area contributed by atoms with Crippen molar-refractivity contribution in [2.75, 3.05) is 0 Å². The van der Waals surface area contributed by atoms with Crippen LogP contribution in [0, 0.1) is 29.6 Å². The van der Waals surface area contributed by atoms with Gasteiger partial charge in [0.05, 0.1) is 6.10 Å². The lowest BCUT2D eigenvalue weighted by Crippen LogP contribution is -2.37. The van der Waals surface area contributed by atoms with Crippen molar-refractivity contribution in [2.45, 2.75) is 78.2 Å². The van der Waals surface area contributed by atoms with Gasteiger partial charge < -0.3 is 5.11 Å². The van der Waals surface area contributed by atoms with Crippen LogP contribution in [-0.4, -0.2) is 11.2 Å². The van der Waals surface area contributed by atoms with Crippen LogP contribution in [-0.2, 0) is 0 Å². The minimum absolute atomic E-state index is 0.00344. The molecule has 6 atom stereocenters. The van der Waals surface area contributed by atoms with Gasteiger partial charge in [-0.1, -0.05) is 40.0 Å².